The van der Waals surface area contributed by atoms with E-state index < -0.39 is 4.75 Å². The van der Waals surface area contributed by atoms with Crippen LogP contribution >= 0.6 is 12.6 Å². The van der Waals surface area contributed by atoms with Gasteiger partial charge in [-0.05, 0) is 53.1 Å². The minimum absolute atomic E-state index is 0.620. The van der Waals surface area contributed by atoms with Gasteiger partial charge in [-0.3, -0.25) is 0 Å². The Labute approximate surface area is 160 Å². The van der Waals surface area contributed by atoms with Crippen molar-refractivity contribution >= 4 is 12.6 Å². The van der Waals surface area contributed by atoms with Crippen molar-refractivity contribution in [3.8, 4) is 17.2 Å². The summed E-state index contributed by atoms with van der Waals surface area (Å²) in [5, 5.41) is 0. The molecule has 0 unspecified atom stereocenters. The first-order valence-corrected chi connectivity index (χ1v) is 8.72. The second-order valence-electron chi connectivity index (χ2n) is 5.90. The van der Waals surface area contributed by atoms with Crippen molar-refractivity contribution in [2.75, 3.05) is 21.3 Å². The van der Waals surface area contributed by atoms with Gasteiger partial charge in [-0.1, -0.05) is 36.4 Å². The van der Waals surface area contributed by atoms with Crippen molar-refractivity contribution in [1.29, 1.82) is 0 Å². The molecule has 3 aromatic rings. The van der Waals surface area contributed by atoms with Gasteiger partial charge in [-0.15, -0.1) is 0 Å². The summed E-state index contributed by atoms with van der Waals surface area (Å²) < 4.78 is 15.3. The first-order valence-electron chi connectivity index (χ1n) is 8.27. The predicted molar refractivity (Wildman–Crippen MR) is 108 cm³/mol. The summed E-state index contributed by atoms with van der Waals surface area (Å²) in [6, 6.07) is 24.0. The lowest BCUT2D eigenvalue weighted by atomic mass is 9.84. The quantitative estimate of drug-likeness (QED) is 0.495. The number of benzene rings is 3. The largest absolute Gasteiger partial charge is 0.497 e. The summed E-state index contributed by atoms with van der Waals surface area (Å²) in [4.78, 5) is 0. The summed E-state index contributed by atoms with van der Waals surface area (Å²) in [7, 11) is 4.99. The lowest BCUT2D eigenvalue weighted by Gasteiger charge is -2.31. The zero-order chi connectivity index (χ0) is 18.6. The second kappa shape index (κ2) is 7.75. The normalized spacial score (nSPS) is 11.1. The fourth-order valence-corrected chi connectivity index (χ4v) is 3.44. The molecule has 0 aliphatic rings. The molecule has 0 saturated carbocycles. The van der Waals surface area contributed by atoms with Gasteiger partial charge in [-0.25, -0.2) is 0 Å². The summed E-state index contributed by atoms with van der Waals surface area (Å²) in [6.07, 6.45) is 0. The van der Waals surface area contributed by atoms with E-state index in [1.807, 2.05) is 72.8 Å². The van der Waals surface area contributed by atoms with Crippen molar-refractivity contribution in [3.05, 3.63) is 89.5 Å². The summed E-state index contributed by atoms with van der Waals surface area (Å²) in [5.41, 5.74) is 3.16. The van der Waals surface area contributed by atoms with Gasteiger partial charge in [0.2, 0.25) is 0 Å². The molecule has 0 N–H and O–H groups in total. The molecule has 0 heterocycles. The van der Waals surface area contributed by atoms with Crippen LogP contribution in [-0.4, -0.2) is 21.3 Å². The fraction of sp³-hybridized carbons (Fsp3) is 0.182. The first kappa shape index (κ1) is 18.2. The van der Waals surface area contributed by atoms with Crippen LogP contribution in [0.15, 0.2) is 72.8 Å². The van der Waals surface area contributed by atoms with Crippen molar-refractivity contribution in [2.24, 2.45) is 0 Å². The zero-order valence-corrected chi connectivity index (χ0v) is 16.0. The predicted octanol–water partition coefficient (Wildman–Crippen LogP) is 4.93. The Morgan fingerprint density at radius 3 is 0.923 bits per heavy atom. The third-order valence-corrected chi connectivity index (χ3v) is 5.30. The Morgan fingerprint density at radius 1 is 0.500 bits per heavy atom. The average molecular weight is 366 g/mol. The van der Waals surface area contributed by atoms with E-state index in [4.69, 9.17) is 26.8 Å². The number of ether oxygens (including phenoxy) is 3. The molecule has 0 fully saturated rings. The van der Waals surface area contributed by atoms with E-state index in [0.29, 0.717) is 0 Å². The van der Waals surface area contributed by atoms with Crippen LogP contribution in [0, 0.1) is 0 Å². The van der Waals surface area contributed by atoms with Gasteiger partial charge in [0.25, 0.3) is 0 Å². The summed E-state index contributed by atoms with van der Waals surface area (Å²) in [5.74, 6) is 2.44. The van der Waals surface area contributed by atoms with Gasteiger partial charge >= 0.3 is 0 Å². The van der Waals surface area contributed by atoms with E-state index >= 15 is 0 Å². The smallest absolute Gasteiger partial charge is 0.118 e. The third-order valence-electron chi connectivity index (χ3n) is 4.52. The highest BCUT2D eigenvalue weighted by Crippen LogP contribution is 2.43. The minimum Gasteiger partial charge on any atom is -0.497 e. The van der Waals surface area contributed by atoms with E-state index in [-0.39, 0.29) is 0 Å². The molecule has 0 radical (unpaired) electrons. The van der Waals surface area contributed by atoms with Crippen LogP contribution in [0.2, 0.25) is 0 Å². The maximum absolute atomic E-state index is 5.30. The number of rotatable bonds is 6. The van der Waals surface area contributed by atoms with Crippen molar-refractivity contribution in [1.82, 2.24) is 0 Å². The highest BCUT2D eigenvalue weighted by atomic mass is 32.1. The summed E-state index contributed by atoms with van der Waals surface area (Å²) in [6.45, 7) is 0. The van der Waals surface area contributed by atoms with Gasteiger partial charge < -0.3 is 14.2 Å². The maximum Gasteiger partial charge on any atom is 0.118 e. The molecule has 0 aliphatic heterocycles. The zero-order valence-electron chi connectivity index (χ0n) is 15.1. The highest BCUT2D eigenvalue weighted by Gasteiger charge is 2.32. The molecule has 134 valence electrons. The summed E-state index contributed by atoms with van der Waals surface area (Å²) >= 11 is 5.16. The first-order chi connectivity index (χ1) is 12.6. The van der Waals surface area contributed by atoms with Crippen LogP contribution in [0.3, 0.4) is 0 Å². The lowest BCUT2D eigenvalue weighted by Crippen LogP contribution is -2.22. The van der Waals surface area contributed by atoms with Crippen molar-refractivity contribution in [2.45, 2.75) is 4.75 Å². The molecule has 3 nitrogen and oxygen atoms in total. The Hall–Kier alpha value is -2.59. The Kier molecular flexibility index (Phi) is 5.43. The Morgan fingerprint density at radius 2 is 0.731 bits per heavy atom. The molecule has 0 spiro atoms. The van der Waals surface area contributed by atoms with Crippen LogP contribution in [0.4, 0.5) is 0 Å². The maximum atomic E-state index is 5.30. The topological polar surface area (TPSA) is 27.7 Å². The van der Waals surface area contributed by atoms with E-state index in [0.717, 1.165) is 33.9 Å². The molecule has 0 saturated heterocycles. The molecule has 0 atom stereocenters. The monoisotopic (exact) mass is 366 g/mol. The molecule has 0 aliphatic carbocycles. The Balaban J connectivity index is 2.15. The van der Waals surface area contributed by atoms with Gasteiger partial charge in [0.05, 0.1) is 26.1 Å². The van der Waals surface area contributed by atoms with Gasteiger partial charge in [0.15, 0.2) is 0 Å². The lowest BCUT2D eigenvalue weighted by molar-refractivity contribution is 0.414. The third kappa shape index (κ3) is 3.37. The molecule has 4 heteroatoms. The minimum atomic E-state index is -0.620. The van der Waals surface area contributed by atoms with E-state index in [9.17, 15) is 0 Å². The van der Waals surface area contributed by atoms with Gasteiger partial charge in [0.1, 0.15) is 17.2 Å². The molecular formula is C22H22O3S. The molecular weight excluding hydrogens is 344 g/mol. The van der Waals surface area contributed by atoms with E-state index in [2.05, 4.69) is 0 Å². The van der Waals surface area contributed by atoms with Gasteiger partial charge in [0, 0.05) is 0 Å². The Bertz CT molecular complexity index is 724. The van der Waals surface area contributed by atoms with E-state index in [1.54, 1.807) is 21.3 Å². The van der Waals surface area contributed by atoms with Crippen molar-refractivity contribution < 1.29 is 14.2 Å². The molecule has 0 bridgehead atoms. The van der Waals surface area contributed by atoms with Gasteiger partial charge in [-0.2, -0.15) is 12.6 Å². The second-order valence-corrected chi connectivity index (χ2v) is 6.57. The van der Waals surface area contributed by atoms with Crippen LogP contribution < -0.4 is 14.2 Å². The fourth-order valence-electron chi connectivity index (χ4n) is 3.00. The SMILES string of the molecule is COc1ccc(C(S)(c2ccc(OC)cc2)c2ccc(OC)cc2)cc1. The highest BCUT2D eigenvalue weighted by molar-refractivity contribution is 7.81. The van der Waals surface area contributed by atoms with Crippen LogP contribution in [0.5, 0.6) is 17.2 Å². The van der Waals surface area contributed by atoms with Crippen LogP contribution in [0.25, 0.3) is 0 Å². The average Bonchev–Trinajstić information content (AvgIpc) is 2.73. The van der Waals surface area contributed by atoms with Crippen molar-refractivity contribution in [3.63, 3.8) is 0 Å². The van der Waals surface area contributed by atoms with Crippen LogP contribution in [0.1, 0.15) is 16.7 Å². The molecule has 3 rings (SSSR count). The molecule has 3 aromatic carbocycles. The van der Waals surface area contributed by atoms with E-state index in [1.165, 1.54) is 0 Å². The van der Waals surface area contributed by atoms with Crippen LogP contribution in [-0.2, 0) is 4.75 Å². The number of thiol groups is 1. The molecule has 0 amide bonds. The number of hydrogen-bond acceptors (Lipinski definition) is 4. The number of hydrogen-bond donors (Lipinski definition) is 1. The molecule has 0 aromatic heterocycles. The standard InChI is InChI=1S/C22H22O3S/c1-23-19-10-4-16(5-11-19)22(26,17-6-12-20(24-2)13-7-17)18-8-14-21(25-3)15-9-18/h4-15,26H,1-3H3. The molecule has 26 heavy (non-hydrogen) atoms. The number of methoxy groups -OCH3 is 3.